The molecule has 0 unspecified atom stereocenters. The van der Waals surface area contributed by atoms with E-state index in [9.17, 15) is 14.7 Å². The van der Waals surface area contributed by atoms with Gasteiger partial charge < -0.3 is 15.7 Å². The predicted molar refractivity (Wildman–Crippen MR) is 83.6 cm³/mol. The number of carboxylic acids is 1. The van der Waals surface area contributed by atoms with Gasteiger partial charge in [0.2, 0.25) is 0 Å². The third-order valence-electron chi connectivity index (χ3n) is 3.73. The summed E-state index contributed by atoms with van der Waals surface area (Å²) in [6.45, 7) is 9.20. The molecule has 116 valence electrons. The van der Waals surface area contributed by atoms with Gasteiger partial charge in [-0.2, -0.15) is 0 Å². The zero-order valence-electron chi connectivity index (χ0n) is 13.3. The molecular weight excluding hydrogens is 268 g/mol. The normalized spacial score (nSPS) is 11.9. The summed E-state index contributed by atoms with van der Waals surface area (Å²) in [5.74, 6) is -0.884. The van der Waals surface area contributed by atoms with Crippen molar-refractivity contribution >= 4 is 17.7 Å². The van der Waals surface area contributed by atoms with Crippen molar-refractivity contribution < 1.29 is 14.7 Å². The van der Waals surface area contributed by atoms with E-state index in [2.05, 4.69) is 10.6 Å². The number of rotatable bonds is 5. The maximum atomic E-state index is 11.9. The second kappa shape index (κ2) is 6.16. The second-order valence-electron chi connectivity index (χ2n) is 6.32. The topological polar surface area (TPSA) is 78.4 Å². The quantitative estimate of drug-likeness (QED) is 0.778. The summed E-state index contributed by atoms with van der Waals surface area (Å²) in [6.07, 6.45) is 0.826. The minimum absolute atomic E-state index is 0.269. The molecule has 21 heavy (non-hydrogen) atoms. The zero-order valence-corrected chi connectivity index (χ0v) is 13.3. The standard InChI is InChI=1S/C16H24N2O3/c1-6-15(2,3)18-14(21)17-12-9-7-11(8-10-12)16(4,5)13(19)20/h7-10H,6H2,1-5H3,(H,19,20)(H2,17,18,21). The van der Waals surface area contributed by atoms with Gasteiger partial charge in [0.25, 0.3) is 0 Å². The Morgan fingerprint density at radius 1 is 1.10 bits per heavy atom. The van der Waals surface area contributed by atoms with Crippen LogP contribution in [0.3, 0.4) is 0 Å². The van der Waals surface area contributed by atoms with E-state index < -0.39 is 11.4 Å². The average Bonchev–Trinajstić information content (AvgIpc) is 2.38. The fourth-order valence-corrected chi connectivity index (χ4v) is 1.65. The molecule has 3 N–H and O–H groups in total. The highest BCUT2D eigenvalue weighted by atomic mass is 16.4. The molecule has 0 saturated carbocycles. The van der Waals surface area contributed by atoms with Crippen molar-refractivity contribution in [2.24, 2.45) is 0 Å². The van der Waals surface area contributed by atoms with Gasteiger partial charge in [-0.05, 0) is 51.8 Å². The Kier molecular flexibility index (Phi) is 4.99. The van der Waals surface area contributed by atoms with Crippen LogP contribution in [-0.2, 0) is 10.2 Å². The van der Waals surface area contributed by atoms with E-state index >= 15 is 0 Å². The molecule has 0 radical (unpaired) electrons. The van der Waals surface area contributed by atoms with Crippen molar-refractivity contribution in [3.63, 3.8) is 0 Å². The summed E-state index contributed by atoms with van der Waals surface area (Å²) >= 11 is 0. The van der Waals surface area contributed by atoms with Crippen LogP contribution in [0.5, 0.6) is 0 Å². The highest BCUT2D eigenvalue weighted by Gasteiger charge is 2.29. The maximum Gasteiger partial charge on any atom is 0.319 e. The molecule has 0 saturated heterocycles. The van der Waals surface area contributed by atoms with E-state index in [1.54, 1.807) is 38.1 Å². The van der Waals surface area contributed by atoms with Gasteiger partial charge in [0.15, 0.2) is 0 Å². The maximum absolute atomic E-state index is 11.9. The van der Waals surface area contributed by atoms with E-state index in [0.29, 0.717) is 11.3 Å². The van der Waals surface area contributed by atoms with E-state index in [1.807, 2.05) is 20.8 Å². The van der Waals surface area contributed by atoms with Crippen molar-refractivity contribution in [3.05, 3.63) is 29.8 Å². The molecule has 1 rings (SSSR count). The SMILES string of the molecule is CCC(C)(C)NC(=O)Nc1ccc(C(C)(C)C(=O)O)cc1. The van der Waals surface area contributed by atoms with E-state index in [4.69, 9.17) is 0 Å². The molecule has 0 spiro atoms. The molecule has 5 heteroatoms. The Bertz CT molecular complexity index is 519. The van der Waals surface area contributed by atoms with E-state index in [-0.39, 0.29) is 11.6 Å². The molecule has 0 heterocycles. The molecule has 0 aliphatic heterocycles. The minimum Gasteiger partial charge on any atom is -0.481 e. The number of carbonyl (C=O) groups is 2. The van der Waals surface area contributed by atoms with Crippen molar-refractivity contribution in [2.75, 3.05) is 5.32 Å². The fraction of sp³-hybridized carbons (Fsp3) is 0.500. The zero-order chi connectivity index (χ0) is 16.3. The number of benzene rings is 1. The Hall–Kier alpha value is -2.04. The van der Waals surface area contributed by atoms with Crippen molar-refractivity contribution in [3.8, 4) is 0 Å². The largest absolute Gasteiger partial charge is 0.481 e. The predicted octanol–water partition coefficient (Wildman–Crippen LogP) is 3.36. The number of carbonyl (C=O) groups excluding carboxylic acids is 1. The van der Waals surface area contributed by atoms with Gasteiger partial charge in [-0.15, -0.1) is 0 Å². The van der Waals surface area contributed by atoms with Crippen molar-refractivity contribution in [1.29, 1.82) is 0 Å². The molecule has 1 aromatic carbocycles. The number of aliphatic carboxylic acids is 1. The fourth-order valence-electron chi connectivity index (χ4n) is 1.65. The van der Waals surface area contributed by atoms with Crippen molar-refractivity contribution in [1.82, 2.24) is 5.32 Å². The number of amides is 2. The lowest BCUT2D eigenvalue weighted by Crippen LogP contribution is -2.45. The Morgan fingerprint density at radius 3 is 2.05 bits per heavy atom. The molecule has 0 aliphatic carbocycles. The number of hydrogen-bond acceptors (Lipinski definition) is 2. The van der Waals surface area contributed by atoms with Gasteiger partial charge in [-0.1, -0.05) is 19.1 Å². The van der Waals surface area contributed by atoms with Gasteiger partial charge in [-0.25, -0.2) is 4.79 Å². The third kappa shape index (κ3) is 4.48. The van der Waals surface area contributed by atoms with Crippen LogP contribution >= 0.6 is 0 Å². The summed E-state index contributed by atoms with van der Waals surface area (Å²) in [6, 6.07) is 6.58. The molecule has 0 aromatic heterocycles. The summed E-state index contributed by atoms with van der Waals surface area (Å²) in [5.41, 5.74) is 0.0968. The van der Waals surface area contributed by atoms with Crippen LogP contribution in [0, 0.1) is 0 Å². The second-order valence-corrected chi connectivity index (χ2v) is 6.32. The van der Waals surface area contributed by atoms with Gasteiger partial charge in [0.1, 0.15) is 0 Å². The van der Waals surface area contributed by atoms with Gasteiger partial charge in [0.05, 0.1) is 5.41 Å². The lowest BCUT2D eigenvalue weighted by molar-refractivity contribution is -0.142. The number of carboxylic acid groups (broad SMARTS) is 1. The van der Waals surface area contributed by atoms with Gasteiger partial charge >= 0.3 is 12.0 Å². The van der Waals surface area contributed by atoms with Crippen LogP contribution in [0.1, 0.15) is 46.6 Å². The average molecular weight is 292 g/mol. The van der Waals surface area contributed by atoms with Crippen molar-refractivity contribution in [2.45, 2.75) is 52.0 Å². The Morgan fingerprint density at radius 2 is 1.62 bits per heavy atom. The first-order valence-corrected chi connectivity index (χ1v) is 7.01. The Balaban J connectivity index is 2.76. The molecule has 1 aromatic rings. The number of urea groups is 1. The van der Waals surface area contributed by atoms with Crippen LogP contribution in [-0.4, -0.2) is 22.6 Å². The van der Waals surface area contributed by atoms with Crippen LogP contribution < -0.4 is 10.6 Å². The van der Waals surface area contributed by atoms with Crippen LogP contribution in [0.4, 0.5) is 10.5 Å². The molecule has 0 aliphatic rings. The first-order valence-electron chi connectivity index (χ1n) is 7.01. The monoisotopic (exact) mass is 292 g/mol. The van der Waals surface area contributed by atoms with Gasteiger partial charge in [-0.3, -0.25) is 4.79 Å². The lowest BCUT2D eigenvalue weighted by atomic mass is 9.85. The first kappa shape index (κ1) is 17.0. The summed E-state index contributed by atoms with van der Waals surface area (Å²) in [7, 11) is 0. The third-order valence-corrected chi connectivity index (χ3v) is 3.73. The summed E-state index contributed by atoms with van der Waals surface area (Å²) in [4.78, 5) is 23.1. The van der Waals surface area contributed by atoms with E-state index in [1.165, 1.54) is 0 Å². The summed E-state index contributed by atoms with van der Waals surface area (Å²) in [5, 5.41) is 14.8. The first-order chi connectivity index (χ1) is 9.58. The Labute approximate surface area is 125 Å². The van der Waals surface area contributed by atoms with E-state index in [0.717, 1.165) is 6.42 Å². The molecular formula is C16H24N2O3. The highest BCUT2D eigenvalue weighted by molar-refractivity contribution is 5.90. The molecule has 0 atom stereocenters. The van der Waals surface area contributed by atoms with Crippen LogP contribution in [0.2, 0.25) is 0 Å². The van der Waals surface area contributed by atoms with Gasteiger partial charge in [0, 0.05) is 11.2 Å². The lowest BCUT2D eigenvalue weighted by Gasteiger charge is -2.24. The molecule has 5 nitrogen and oxygen atoms in total. The van der Waals surface area contributed by atoms with Crippen LogP contribution in [0.15, 0.2) is 24.3 Å². The number of anilines is 1. The molecule has 2 amide bonds. The molecule has 0 fully saturated rings. The molecule has 0 bridgehead atoms. The van der Waals surface area contributed by atoms with Crippen LogP contribution in [0.25, 0.3) is 0 Å². The number of nitrogens with one attached hydrogen (secondary N) is 2. The minimum atomic E-state index is -0.953. The highest BCUT2D eigenvalue weighted by Crippen LogP contribution is 2.24. The summed E-state index contributed by atoms with van der Waals surface area (Å²) < 4.78 is 0. The smallest absolute Gasteiger partial charge is 0.319 e. The number of hydrogen-bond donors (Lipinski definition) is 3.